The lowest BCUT2D eigenvalue weighted by atomic mass is 10.1. The minimum Gasteiger partial charge on any atom is -0.379 e. The fourth-order valence-electron chi connectivity index (χ4n) is 2.62. The van der Waals surface area contributed by atoms with Crippen molar-refractivity contribution in [3.63, 3.8) is 0 Å². The number of hydrogen-bond acceptors (Lipinski definition) is 4. The Kier molecular flexibility index (Phi) is 4.36. The molecule has 4 unspecified atom stereocenters. The fraction of sp³-hybridized carbons (Fsp3) is 0.917. The van der Waals surface area contributed by atoms with Gasteiger partial charge in [0.1, 0.15) is 0 Å². The first-order chi connectivity index (χ1) is 8.20. The predicted molar refractivity (Wildman–Crippen MR) is 65.8 cm³/mol. The van der Waals surface area contributed by atoms with Gasteiger partial charge in [0.2, 0.25) is 5.91 Å². The van der Waals surface area contributed by atoms with Crippen molar-refractivity contribution in [2.75, 3.05) is 20.2 Å². The van der Waals surface area contributed by atoms with E-state index in [1.54, 1.807) is 7.11 Å². The summed E-state index contributed by atoms with van der Waals surface area (Å²) in [4.78, 5) is 12.1. The lowest BCUT2D eigenvalue weighted by Crippen LogP contribution is -2.60. The van der Waals surface area contributed by atoms with Gasteiger partial charge in [0.05, 0.1) is 18.2 Å². The highest BCUT2D eigenvalue weighted by Gasteiger charge is 2.31. The molecule has 17 heavy (non-hydrogen) atoms. The van der Waals surface area contributed by atoms with Crippen LogP contribution in [0.3, 0.4) is 0 Å². The Morgan fingerprint density at radius 3 is 2.76 bits per heavy atom. The number of ether oxygens (including phenoxy) is 1. The van der Waals surface area contributed by atoms with Crippen LogP contribution in [-0.2, 0) is 9.53 Å². The van der Waals surface area contributed by atoms with Crippen LogP contribution in [0.4, 0.5) is 0 Å². The lowest BCUT2D eigenvalue weighted by Gasteiger charge is -2.30. The van der Waals surface area contributed by atoms with Gasteiger partial charge in [-0.3, -0.25) is 4.79 Å². The van der Waals surface area contributed by atoms with Crippen molar-refractivity contribution in [3.05, 3.63) is 0 Å². The van der Waals surface area contributed by atoms with Crippen molar-refractivity contribution in [1.29, 1.82) is 0 Å². The maximum Gasteiger partial charge on any atom is 0.238 e. The molecule has 0 radical (unpaired) electrons. The number of carbonyl (C=O) groups is 1. The van der Waals surface area contributed by atoms with E-state index in [2.05, 4.69) is 22.9 Å². The number of carbonyl (C=O) groups excluding carboxylic acids is 1. The van der Waals surface area contributed by atoms with Crippen molar-refractivity contribution in [3.8, 4) is 0 Å². The van der Waals surface area contributed by atoms with Gasteiger partial charge in [-0.15, -0.1) is 0 Å². The molecule has 0 aromatic heterocycles. The van der Waals surface area contributed by atoms with Crippen LogP contribution in [0, 0.1) is 0 Å². The van der Waals surface area contributed by atoms with E-state index in [9.17, 15) is 4.79 Å². The lowest BCUT2D eigenvalue weighted by molar-refractivity contribution is -0.125. The molecule has 0 bridgehead atoms. The molecular weight excluding hydrogens is 218 g/mol. The quantitative estimate of drug-likeness (QED) is 0.630. The molecule has 5 nitrogen and oxygen atoms in total. The zero-order valence-corrected chi connectivity index (χ0v) is 10.7. The number of hydrogen-bond donors (Lipinski definition) is 3. The smallest absolute Gasteiger partial charge is 0.238 e. The van der Waals surface area contributed by atoms with E-state index in [1.807, 2.05) is 0 Å². The van der Waals surface area contributed by atoms with Gasteiger partial charge < -0.3 is 20.7 Å². The molecule has 3 N–H and O–H groups in total. The zero-order chi connectivity index (χ0) is 12.3. The van der Waals surface area contributed by atoms with Gasteiger partial charge in [-0.1, -0.05) is 0 Å². The first kappa shape index (κ1) is 12.8. The molecule has 1 saturated heterocycles. The Morgan fingerprint density at radius 1 is 1.29 bits per heavy atom. The van der Waals surface area contributed by atoms with E-state index in [4.69, 9.17) is 4.74 Å². The maximum atomic E-state index is 12.1. The van der Waals surface area contributed by atoms with Gasteiger partial charge in [0.15, 0.2) is 0 Å². The van der Waals surface area contributed by atoms with Crippen molar-refractivity contribution in [2.45, 2.75) is 50.4 Å². The minimum absolute atomic E-state index is 0.0957. The number of piperazine rings is 1. The third-order valence-electron chi connectivity index (χ3n) is 3.74. The number of methoxy groups -OCH3 is 1. The highest BCUT2D eigenvalue weighted by atomic mass is 16.5. The highest BCUT2D eigenvalue weighted by molar-refractivity contribution is 5.82. The van der Waals surface area contributed by atoms with Crippen LogP contribution in [0.2, 0.25) is 0 Å². The van der Waals surface area contributed by atoms with Gasteiger partial charge in [-0.05, 0) is 26.2 Å². The van der Waals surface area contributed by atoms with Crippen LogP contribution < -0.4 is 16.0 Å². The average Bonchev–Trinajstić information content (AvgIpc) is 2.77. The van der Waals surface area contributed by atoms with Crippen LogP contribution >= 0.6 is 0 Å². The van der Waals surface area contributed by atoms with Crippen LogP contribution in [-0.4, -0.2) is 50.3 Å². The molecule has 5 heteroatoms. The molecule has 1 amide bonds. The van der Waals surface area contributed by atoms with E-state index >= 15 is 0 Å². The normalized spacial score (nSPS) is 38.0. The van der Waals surface area contributed by atoms with Gasteiger partial charge in [0, 0.05) is 26.2 Å². The number of nitrogens with one attached hydrogen (secondary N) is 3. The molecule has 2 rings (SSSR count). The summed E-state index contributed by atoms with van der Waals surface area (Å²) < 4.78 is 5.38. The van der Waals surface area contributed by atoms with E-state index < -0.39 is 0 Å². The molecule has 1 aliphatic carbocycles. The summed E-state index contributed by atoms with van der Waals surface area (Å²) in [5.74, 6) is 0.0957. The van der Waals surface area contributed by atoms with Gasteiger partial charge in [0.25, 0.3) is 0 Å². The number of amides is 1. The molecule has 0 spiro atoms. The van der Waals surface area contributed by atoms with Crippen LogP contribution in [0.15, 0.2) is 0 Å². The Labute approximate surface area is 103 Å². The largest absolute Gasteiger partial charge is 0.379 e. The van der Waals surface area contributed by atoms with Crippen molar-refractivity contribution >= 4 is 5.91 Å². The summed E-state index contributed by atoms with van der Waals surface area (Å²) in [7, 11) is 1.72. The first-order valence-electron chi connectivity index (χ1n) is 6.50. The van der Waals surface area contributed by atoms with Gasteiger partial charge in [-0.2, -0.15) is 0 Å². The van der Waals surface area contributed by atoms with Crippen LogP contribution in [0.25, 0.3) is 0 Å². The van der Waals surface area contributed by atoms with Crippen molar-refractivity contribution in [1.82, 2.24) is 16.0 Å². The maximum absolute atomic E-state index is 12.1. The third-order valence-corrected chi connectivity index (χ3v) is 3.74. The Bertz CT molecular complexity index is 264. The molecule has 1 heterocycles. The average molecular weight is 241 g/mol. The van der Waals surface area contributed by atoms with E-state index in [-0.39, 0.29) is 24.1 Å². The molecule has 4 atom stereocenters. The summed E-state index contributed by atoms with van der Waals surface area (Å²) >= 11 is 0. The molecule has 2 fully saturated rings. The summed E-state index contributed by atoms with van der Waals surface area (Å²) in [5, 5.41) is 9.67. The SMILES string of the molecule is COC1CCCC1NC(=O)C1CNC(C)CN1. The molecule has 1 saturated carbocycles. The standard InChI is InChI=1S/C12H23N3O2/c1-8-6-14-10(7-13-8)12(16)15-9-4-3-5-11(9)17-2/h8-11,13-14H,3-7H2,1-2H3,(H,15,16). The Morgan fingerprint density at radius 2 is 2.12 bits per heavy atom. The molecule has 0 aromatic carbocycles. The molecule has 2 aliphatic rings. The van der Waals surface area contributed by atoms with Crippen LogP contribution in [0.1, 0.15) is 26.2 Å². The Balaban J connectivity index is 1.80. The summed E-state index contributed by atoms with van der Waals surface area (Å²) in [6, 6.07) is 0.523. The van der Waals surface area contributed by atoms with E-state index in [1.165, 1.54) is 0 Å². The van der Waals surface area contributed by atoms with E-state index in [0.717, 1.165) is 25.8 Å². The molecular formula is C12H23N3O2. The second kappa shape index (κ2) is 5.80. The molecule has 1 aliphatic heterocycles. The van der Waals surface area contributed by atoms with Crippen molar-refractivity contribution < 1.29 is 9.53 Å². The summed E-state index contributed by atoms with van der Waals surface area (Å²) in [6.45, 7) is 3.66. The highest BCUT2D eigenvalue weighted by Crippen LogP contribution is 2.21. The second-order valence-corrected chi connectivity index (χ2v) is 5.09. The molecule has 98 valence electrons. The van der Waals surface area contributed by atoms with Gasteiger partial charge >= 0.3 is 0 Å². The van der Waals surface area contributed by atoms with Gasteiger partial charge in [-0.25, -0.2) is 0 Å². The van der Waals surface area contributed by atoms with E-state index in [0.29, 0.717) is 12.6 Å². The third kappa shape index (κ3) is 3.18. The second-order valence-electron chi connectivity index (χ2n) is 5.09. The fourth-order valence-corrected chi connectivity index (χ4v) is 2.62. The monoisotopic (exact) mass is 241 g/mol. The zero-order valence-electron chi connectivity index (χ0n) is 10.7. The molecule has 0 aromatic rings. The minimum atomic E-state index is -0.107. The van der Waals surface area contributed by atoms with Crippen molar-refractivity contribution in [2.24, 2.45) is 0 Å². The van der Waals surface area contributed by atoms with Crippen LogP contribution in [0.5, 0.6) is 0 Å². The number of rotatable bonds is 3. The topological polar surface area (TPSA) is 62.4 Å². The first-order valence-corrected chi connectivity index (χ1v) is 6.50. The Hall–Kier alpha value is -0.650. The predicted octanol–water partition coefficient (Wildman–Crippen LogP) is -0.380. The summed E-state index contributed by atoms with van der Waals surface area (Å²) in [6.07, 6.45) is 3.40. The summed E-state index contributed by atoms with van der Waals surface area (Å²) in [5.41, 5.74) is 0.